The van der Waals surface area contributed by atoms with Crippen molar-refractivity contribution in [2.75, 3.05) is 0 Å². The molecule has 0 atom stereocenters. The van der Waals surface area contributed by atoms with Gasteiger partial charge in [-0.25, -0.2) is 9.37 Å². The second-order valence-corrected chi connectivity index (χ2v) is 6.01. The first-order valence-corrected chi connectivity index (χ1v) is 8.42. The van der Waals surface area contributed by atoms with Crippen LogP contribution in [-0.2, 0) is 17.9 Å². The normalized spacial score (nSPS) is 10.4. The van der Waals surface area contributed by atoms with Gasteiger partial charge in [0.2, 0.25) is 5.91 Å². The van der Waals surface area contributed by atoms with Crippen LogP contribution in [0.2, 0.25) is 0 Å². The van der Waals surface area contributed by atoms with Gasteiger partial charge in [0, 0.05) is 19.7 Å². The molecular weight excluding hydrogens is 347 g/mol. The van der Waals surface area contributed by atoms with Gasteiger partial charge >= 0.3 is 0 Å². The SMILES string of the molecule is CC(=O)NCc1cn(-c2ccccc2C(=O)NCc2cccc(F)c2)cn1. The van der Waals surface area contributed by atoms with Crippen LogP contribution < -0.4 is 10.6 Å². The summed E-state index contributed by atoms with van der Waals surface area (Å²) in [6.45, 7) is 1.98. The molecule has 0 aliphatic heterocycles. The maximum absolute atomic E-state index is 13.3. The lowest BCUT2D eigenvalue weighted by atomic mass is 10.1. The van der Waals surface area contributed by atoms with E-state index in [2.05, 4.69) is 15.6 Å². The lowest BCUT2D eigenvalue weighted by molar-refractivity contribution is -0.119. The van der Waals surface area contributed by atoms with E-state index in [-0.39, 0.29) is 24.2 Å². The summed E-state index contributed by atoms with van der Waals surface area (Å²) < 4.78 is 15.0. The van der Waals surface area contributed by atoms with E-state index in [9.17, 15) is 14.0 Å². The molecule has 1 aromatic heterocycles. The van der Waals surface area contributed by atoms with Gasteiger partial charge in [-0.3, -0.25) is 9.59 Å². The molecule has 0 bridgehead atoms. The first-order chi connectivity index (χ1) is 13.0. The minimum atomic E-state index is -0.340. The molecule has 2 N–H and O–H groups in total. The zero-order valence-corrected chi connectivity index (χ0v) is 14.8. The molecule has 0 saturated heterocycles. The van der Waals surface area contributed by atoms with Gasteiger partial charge in [-0.15, -0.1) is 0 Å². The van der Waals surface area contributed by atoms with E-state index in [4.69, 9.17) is 0 Å². The van der Waals surface area contributed by atoms with Crippen molar-refractivity contribution in [3.63, 3.8) is 0 Å². The Morgan fingerprint density at radius 2 is 1.89 bits per heavy atom. The number of hydrogen-bond donors (Lipinski definition) is 2. The molecule has 6 nitrogen and oxygen atoms in total. The molecule has 3 aromatic rings. The summed E-state index contributed by atoms with van der Waals surface area (Å²) in [6.07, 6.45) is 3.35. The third-order valence-corrected chi connectivity index (χ3v) is 3.92. The van der Waals surface area contributed by atoms with Crippen molar-refractivity contribution in [3.05, 3.63) is 83.7 Å². The van der Waals surface area contributed by atoms with E-state index in [0.717, 1.165) is 0 Å². The third kappa shape index (κ3) is 4.78. The predicted molar refractivity (Wildman–Crippen MR) is 98.7 cm³/mol. The lowest BCUT2D eigenvalue weighted by Gasteiger charge is -2.11. The zero-order valence-electron chi connectivity index (χ0n) is 14.8. The highest BCUT2D eigenvalue weighted by Gasteiger charge is 2.13. The molecule has 0 aliphatic carbocycles. The smallest absolute Gasteiger partial charge is 0.253 e. The van der Waals surface area contributed by atoms with Crippen molar-refractivity contribution < 1.29 is 14.0 Å². The van der Waals surface area contributed by atoms with Crippen LogP contribution in [0.3, 0.4) is 0 Å². The number of imidazole rings is 1. The minimum Gasteiger partial charge on any atom is -0.351 e. The minimum absolute atomic E-state index is 0.137. The number of nitrogens with zero attached hydrogens (tertiary/aromatic N) is 2. The van der Waals surface area contributed by atoms with Crippen LogP contribution in [0.1, 0.15) is 28.5 Å². The molecular formula is C20H19FN4O2. The molecule has 0 fully saturated rings. The quantitative estimate of drug-likeness (QED) is 0.704. The molecule has 0 spiro atoms. The van der Waals surface area contributed by atoms with E-state index in [1.807, 2.05) is 6.07 Å². The second kappa shape index (κ2) is 8.27. The Labute approximate surface area is 156 Å². The fourth-order valence-corrected chi connectivity index (χ4v) is 2.62. The lowest BCUT2D eigenvalue weighted by Crippen LogP contribution is -2.24. The van der Waals surface area contributed by atoms with Crippen molar-refractivity contribution in [2.24, 2.45) is 0 Å². The van der Waals surface area contributed by atoms with Gasteiger partial charge in [0.1, 0.15) is 5.82 Å². The van der Waals surface area contributed by atoms with Crippen LogP contribution in [0.4, 0.5) is 4.39 Å². The maximum atomic E-state index is 13.3. The summed E-state index contributed by atoms with van der Waals surface area (Å²) in [5, 5.41) is 5.49. The summed E-state index contributed by atoms with van der Waals surface area (Å²) in [7, 11) is 0. The standard InChI is InChI=1S/C20H19FN4O2/c1-14(26)22-11-17-12-25(13-24-17)19-8-3-2-7-18(19)20(27)23-10-15-5-4-6-16(21)9-15/h2-9,12-13H,10-11H2,1H3,(H,22,26)(H,23,27). The fourth-order valence-electron chi connectivity index (χ4n) is 2.62. The maximum Gasteiger partial charge on any atom is 0.253 e. The predicted octanol–water partition coefficient (Wildman–Crippen LogP) is 2.58. The highest BCUT2D eigenvalue weighted by Crippen LogP contribution is 2.15. The summed E-state index contributed by atoms with van der Waals surface area (Å²) in [4.78, 5) is 27.9. The van der Waals surface area contributed by atoms with Gasteiger partial charge in [-0.2, -0.15) is 0 Å². The molecule has 2 aromatic carbocycles. The summed E-state index contributed by atoms with van der Waals surface area (Å²) in [5.41, 5.74) is 2.49. The van der Waals surface area contributed by atoms with Crippen LogP contribution in [0.25, 0.3) is 5.69 Å². The van der Waals surface area contributed by atoms with Crippen molar-refractivity contribution in [3.8, 4) is 5.69 Å². The zero-order chi connectivity index (χ0) is 19.2. The fraction of sp³-hybridized carbons (Fsp3) is 0.150. The van der Waals surface area contributed by atoms with Crippen LogP contribution in [0, 0.1) is 5.82 Å². The van der Waals surface area contributed by atoms with Crippen LogP contribution >= 0.6 is 0 Å². The molecule has 0 saturated carbocycles. The summed E-state index contributed by atoms with van der Waals surface area (Å²) >= 11 is 0. The number of carbonyl (C=O) groups excluding carboxylic acids is 2. The molecule has 2 amide bonds. The second-order valence-electron chi connectivity index (χ2n) is 6.01. The Morgan fingerprint density at radius 1 is 1.07 bits per heavy atom. The van der Waals surface area contributed by atoms with Crippen LogP contribution in [0.15, 0.2) is 61.1 Å². The van der Waals surface area contributed by atoms with E-state index >= 15 is 0 Å². The molecule has 7 heteroatoms. The highest BCUT2D eigenvalue weighted by atomic mass is 19.1. The number of aromatic nitrogens is 2. The number of benzene rings is 2. The van der Waals surface area contributed by atoms with E-state index in [0.29, 0.717) is 29.1 Å². The average Bonchev–Trinajstić information content (AvgIpc) is 3.13. The average molecular weight is 366 g/mol. The molecule has 0 unspecified atom stereocenters. The van der Waals surface area contributed by atoms with E-state index < -0.39 is 0 Å². The largest absolute Gasteiger partial charge is 0.351 e. The van der Waals surface area contributed by atoms with Crippen LogP contribution in [-0.4, -0.2) is 21.4 Å². The number of amides is 2. The Balaban J connectivity index is 1.75. The molecule has 138 valence electrons. The summed E-state index contributed by atoms with van der Waals surface area (Å²) in [6, 6.07) is 13.2. The topological polar surface area (TPSA) is 76.0 Å². The third-order valence-electron chi connectivity index (χ3n) is 3.92. The monoisotopic (exact) mass is 366 g/mol. The molecule has 3 rings (SSSR count). The van der Waals surface area contributed by atoms with E-state index in [1.165, 1.54) is 19.1 Å². The van der Waals surface area contributed by atoms with E-state index in [1.54, 1.807) is 47.4 Å². The van der Waals surface area contributed by atoms with Gasteiger partial charge in [-0.1, -0.05) is 24.3 Å². The van der Waals surface area contributed by atoms with Gasteiger partial charge in [0.05, 0.1) is 29.8 Å². The van der Waals surface area contributed by atoms with Crippen molar-refractivity contribution in [1.29, 1.82) is 0 Å². The van der Waals surface area contributed by atoms with Crippen molar-refractivity contribution >= 4 is 11.8 Å². The van der Waals surface area contributed by atoms with Gasteiger partial charge < -0.3 is 15.2 Å². The first-order valence-electron chi connectivity index (χ1n) is 8.42. The number of hydrogen-bond acceptors (Lipinski definition) is 3. The van der Waals surface area contributed by atoms with Crippen molar-refractivity contribution in [2.45, 2.75) is 20.0 Å². The van der Waals surface area contributed by atoms with Crippen molar-refractivity contribution in [1.82, 2.24) is 20.2 Å². The van der Waals surface area contributed by atoms with Crippen LogP contribution in [0.5, 0.6) is 0 Å². The molecule has 27 heavy (non-hydrogen) atoms. The molecule has 0 aliphatic rings. The Kier molecular flexibility index (Phi) is 5.61. The Bertz CT molecular complexity index is 968. The van der Waals surface area contributed by atoms with Gasteiger partial charge in [0.25, 0.3) is 5.91 Å². The summed E-state index contributed by atoms with van der Waals surface area (Å²) in [5.74, 6) is -0.749. The number of para-hydroxylation sites is 1. The number of halogens is 1. The van der Waals surface area contributed by atoms with Gasteiger partial charge in [-0.05, 0) is 29.8 Å². The molecule has 1 heterocycles. The number of nitrogens with one attached hydrogen (secondary N) is 2. The number of carbonyl (C=O) groups is 2. The first kappa shape index (κ1) is 18.3. The number of rotatable bonds is 6. The molecule has 0 radical (unpaired) electrons. The highest BCUT2D eigenvalue weighted by molar-refractivity contribution is 5.97. The Hall–Kier alpha value is -3.48. The van der Waals surface area contributed by atoms with Gasteiger partial charge in [0.15, 0.2) is 0 Å². The Morgan fingerprint density at radius 3 is 2.67 bits per heavy atom.